The fourth-order valence-electron chi connectivity index (χ4n) is 2.10. The number of hydrogen-bond acceptors (Lipinski definition) is 4. The Kier molecular flexibility index (Phi) is 3.80. The van der Waals surface area contributed by atoms with Crippen molar-refractivity contribution in [1.29, 1.82) is 0 Å². The van der Waals surface area contributed by atoms with Gasteiger partial charge in [-0.25, -0.2) is 17.5 Å². The van der Waals surface area contributed by atoms with Crippen molar-refractivity contribution in [3.63, 3.8) is 0 Å². The summed E-state index contributed by atoms with van der Waals surface area (Å²) in [5.41, 5.74) is 5.58. The second-order valence-electron chi connectivity index (χ2n) is 4.79. The molecule has 2 rings (SSSR count). The summed E-state index contributed by atoms with van der Waals surface area (Å²) in [4.78, 5) is 0.0206. The highest BCUT2D eigenvalue weighted by Crippen LogP contribution is 2.26. The SMILES string of the molecule is COC1CC(NS(=O)(=O)c2cc(N)c(F)cc2C)C1. The minimum absolute atomic E-state index is 0.0206. The molecule has 1 aliphatic carbocycles. The largest absolute Gasteiger partial charge is 0.396 e. The first-order valence-corrected chi connectivity index (χ1v) is 7.42. The molecule has 0 saturated heterocycles. The lowest BCUT2D eigenvalue weighted by molar-refractivity contribution is 0.0236. The lowest BCUT2D eigenvalue weighted by atomic mass is 9.90. The van der Waals surface area contributed by atoms with Crippen molar-refractivity contribution >= 4 is 15.7 Å². The lowest BCUT2D eigenvalue weighted by Crippen LogP contribution is -2.47. The average Bonchev–Trinajstić information content (AvgIpc) is 2.27. The van der Waals surface area contributed by atoms with Gasteiger partial charge in [-0.1, -0.05) is 0 Å². The molecule has 5 nitrogen and oxygen atoms in total. The van der Waals surface area contributed by atoms with Gasteiger partial charge in [-0.15, -0.1) is 0 Å². The van der Waals surface area contributed by atoms with Crippen molar-refractivity contribution in [3.05, 3.63) is 23.5 Å². The van der Waals surface area contributed by atoms with Crippen LogP contribution in [0.4, 0.5) is 10.1 Å². The fourth-order valence-corrected chi connectivity index (χ4v) is 3.62. The molecule has 0 unspecified atom stereocenters. The quantitative estimate of drug-likeness (QED) is 0.815. The average molecular weight is 288 g/mol. The van der Waals surface area contributed by atoms with Crippen LogP contribution in [0.25, 0.3) is 0 Å². The summed E-state index contributed by atoms with van der Waals surface area (Å²) in [5, 5.41) is 0. The van der Waals surface area contributed by atoms with Gasteiger partial charge in [-0.05, 0) is 37.5 Å². The molecule has 0 aromatic heterocycles. The Balaban J connectivity index is 2.18. The molecular formula is C12H17FN2O3S. The number of rotatable bonds is 4. The molecule has 0 bridgehead atoms. The normalized spacial score (nSPS) is 23.1. The first-order valence-electron chi connectivity index (χ1n) is 5.94. The number of nitrogen functional groups attached to an aromatic ring is 1. The van der Waals surface area contributed by atoms with Gasteiger partial charge >= 0.3 is 0 Å². The Bertz CT molecular complexity index is 583. The van der Waals surface area contributed by atoms with Gasteiger partial charge in [0, 0.05) is 13.2 Å². The monoisotopic (exact) mass is 288 g/mol. The van der Waals surface area contributed by atoms with Gasteiger partial charge < -0.3 is 10.5 Å². The molecule has 0 amide bonds. The molecule has 1 saturated carbocycles. The number of anilines is 1. The molecule has 1 fully saturated rings. The zero-order valence-corrected chi connectivity index (χ0v) is 11.6. The third-order valence-corrected chi connectivity index (χ3v) is 5.00. The molecule has 0 spiro atoms. The van der Waals surface area contributed by atoms with Crippen LogP contribution < -0.4 is 10.5 Å². The molecule has 1 aromatic rings. The molecular weight excluding hydrogens is 271 g/mol. The highest BCUT2D eigenvalue weighted by molar-refractivity contribution is 7.89. The molecule has 0 atom stereocenters. The minimum atomic E-state index is -3.67. The van der Waals surface area contributed by atoms with Gasteiger partial charge in [0.1, 0.15) is 5.82 Å². The lowest BCUT2D eigenvalue weighted by Gasteiger charge is -2.34. The smallest absolute Gasteiger partial charge is 0.241 e. The number of aryl methyl sites for hydroxylation is 1. The number of nitrogens with one attached hydrogen (secondary N) is 1. The van der Waals surface area contributed by atoms with E-state index in [4.69, 9.17) is 10.5 Å². The summed E-state index contributed by atoms with van der Waals surface area (Å²) >= 11 is 0. The summed E-state index contributed by atoms with van der Waals surface area (Å²) in [7, 11) is -2.08. The van der Waals surface area contributed by atoms with E-state index in [-0.39, 0.29) is 22.7 Å². The summed E-state index contributed by atoms with van der Waals surface area (Å²) in [5.74, 6) is -0.612. The maximum Gasteiger partial charge on any atom is 0.241 e. The Hall–Kier alpha value is -1.18. The highest BCUT2D eigenvalue weighted by atomic mass is 32.2. The summed E-state index contributed by atoms with van der Waals surface area (Å²) in [6.45, 7) is 1.54. The highest BCUT2D eigenvalue weighted by Gasteiger charge is 2.33. The van der Waals surface area contributed by atoms with Crippen LogP contribution >= 0.6 is 0 Å². The number of hydrogen-bond donors (Lipinski definition) is 2. The summed E-state index contributed by atoms with van der Waals surface area (Å²) in [6, 6.07) is 2.14. The van der Waals surface area contributed by atoms with E-state index >= 15 is 0 Å². The van der Waals surface area contributed by atoms with E-state index in [0.717, 1.165) is 12.1 Å². The number of benzene rings is 1. The van der Waals surface area contributed by atoms with Gasteiger partial charge in [-0.3, -0.25) is 0 Å². The topological polar surface area (TPSA) is 81.4 Å². The maximum absolute atomic E-state index is 13.2. The number of methoxy groups -OCH3 is 1. The summed E-state index contributed by atoms with van der Waals surface area (Å²) in [6.07, 6.45) is 1.39. The molecule has 3 N–H and O–H groups in total. The number of nitrogens with two attached hydrogens (primary N) is 1. The van der Waals surface area contributed by atoms with Crippen molar-refractivity contribution in [2.24, 2.45) is 0 Å². The molecule has 0 heterocycles. The standard InChI is InChI=1S/C12H17FN2O3S/c1-7-3-10(13)11(14)6-12(7)19(16,17)15-8-4-9(5-8)18-2/h3,6,8-9,15H,4-5,14H2,1-2H3. The van der Waals surface area contributed by atoms with E-state index in [2.05, 4.69) is 4.72 Å². The zero-order valence-electron chi connectivity index (χ0n) is 10.8. The maximum atomic E-state index is 13.2. The van der Waals surface area contributed by atoms with Crippen molar-refractivity contribution in [1.82, 2.24) is 4.72 Å². The molecule has 1 aromatic carbocycles. The predicted molar refractivity (Wildman–Crippen MR) is 69.7 cm³/mol. The van der Waals surface area contributed by atoms with Crippen molar-refractivity contribution in [2.45, 2.75) is 36.8 Å². The van der Waals surface area contributed by atoms with Crippen LogP contribution in [-0.2, 0) is 14.8 Å². The predicted octanol–water partition coefficient (Wildman–Crippen LogP) is 1.17. The van der Waals surface area contributed by atoms with Crippen LogP contribution in [0.1, 0.15) is 18.4 Å². The summed E-state index contributed by atoms with van der Waals surface area (Å²) < 4.78 is 45.3. The van der Waals surface area contributed by atoms with E-state index in [0.29, 0.717) is 18.4 Å². The van der Waals surface area contributed by atoms with E-state index in [9.17, 15) is 12.8 Å². The Labute approximate surface area is 112 Å². The van der Waals surface area contributed by atoms with Crippen LogP contribution in [-0.4, -0.2) is 27.7 Å². The van der Waals surface area contributed by atoms with Crippen LogP contribution in [0.5, 0.6) is 0 Å². The van der Waals surface area contributed by atoms with Crippen molar-refractivity contribution < 1.29 is 17.5 Å². The van der Waals surface area contributed by atoms with Crippen molar-refractivity contribution in [3.8, 4) is 0 Å². The van der Waals surface area contributed by atoms with Crippen molar-refractivity contribution in [2.75, 3.05) is 12.8 Å². The molecule has 7 heteroatoms. The van der Waals surface area contributed by atoms with Gasteiger partial charge in [0.15, 0.2) is 0 Å². The van der Waals surface area contributed by atoms with Crippen LogP contribution in [0.15, 0.2) is 17.0 Å². The molecule has 0 aliphatic heterocycles. The van der Waals surface area contributed by atoms with E-state index < -0.39 is 15.8 Å². The first kappa shape index (κ1) is 14.2. The van der Waals surface area contributed by atoms with Gasteiger partial charge in [0.2, 0.25) is 10.0 Å². The molecule has 19 heavy (non-hydrogen) atoms. The van der Waals surface area contributed by atoms with Gasteiger partial charge in [-0.2, -0.15) is 0 Å². The third-order valence-electron chi connectivity index (χ3n) is 3.33. The Morgan fingerprint density at radius 1 is 1.42 bits per heavy atom. The second kappa shape index (κ2) is 5.07. The Morgan fingerprint density at radius 2 is 2.05 bits per heavy atom. The third kappa shape index (κ3) is 2.88. The Morgan fingerprint density at radius 3 is 2.63 bits per heavy atom. The number of ether oxygens (including phenoxy) is 1. The van der Waals surface area contributed by atoms with E-state index in [1.807, 2.05) is 0 Å². The second-order valence-corrected chi connectivity index (χ2v) is 6.47. The van der Waals surface area contributed by atoms with E-state index in [1.54, 1.807) is 7.11 Å². The van der Waals surface area contributed by atoms with Crippen LogP contribution in [0.2, 0.25) is 0 Å². The zero-order chi connectivity index (χ0) is 14.2. The van der Waals surface area contributed by atoms with E-state index in [1.165, 1.54) is 6.92 Å². The van der Waals surface area contributed by atoms with Gasteiger partial charge in [0.05, 0.1) is 16.7 Å². The number of halogens is 1. The minimum Gasteiger partial charge on any atom is -0.396 e. The fraction of sp³-hybridized carbons (Fsp3) is 0.500. The number of sulfonamides is 1. The van der Waals surface area contributed by atoms with Crippen LogP contribution in [0, 0.1) is 12.7 Å². The molecule has 0 radical (unpaired) electrons. The van der Waals surface area contributed by atoms with Gasteiger partial charge in [0.25, 0.3) is 0 Å². The first-order chi connectivity index (χ1) is 8.83. The molecule has 1 aliphatic rings. The van der Waals surface area contributed by atoms with Crippen LogP contribution in [0.3, 0.4) is 0 Å². The molecule has 106 valence electrons.